The fraction of sp³-hybridized carbons (Fsp3) is 0.333. The second-order valence-electron chi connectivity index (χ2n) is 6.54. The molecule has 3 heterocycles. The molecule has 0 saturated heterocycles. The number of nitrogens with zero attached hydrogens (tertiary/aromatic N) is 2. The molecule has 1 aliphatic heterocycles. The fourth-order valence-electron chi connectivity index (χ4n) is 3.27. The zero-order valence-electron chi connectivity index (χ0n) is 14.2. The van der Waals surface area contributed by atoms with Crippen LogP contribution in [0.2, 0.25) is 0 Å². The minimum absolute atomic E-state index is 0.0916. The molecule has 4 rings (SSSR count). The highest BCUT2D eigenvalue weighted by Gasteiger charge is 2.28. The number of nitrogens with two attached hydrogens (primary N) is 1. The predicted molar refractivity (Wildman–Crippen MR) is 100 cm³/mol. The van der Waals surface area contributed by atoms with Crippen LogP contribution in [0, 0.1) is 5.92 Å². The van der Waals surface area contributed by atoms with Crippen LogP contribution in [0.15, 0.2) is 35.1 Å². The molecule has 6 nitrogen and oxygen atoms in total. The van der Waals surface area contributed by atoms with Gasteiger partial charge < -0.3 is 4.74 Å². The summed E-state index contributed by atoms with van der Waals surface area (Å²) in [6.45, 7) is 4.82. The zero-order valence-corrected chi connectivity index (χ0v) is 15.0. The number of hydrogen-bond donors (Lipinski definition) is 2. The van der Waals surface area contributed by atoms with Gasteiger partial charge in [-0.05, 0) is 23.6 Å². The molecule has 2 aromatic heterocycles. The van der Waals surface area contributed by atoms with E-state index < -0.39 is 0 Å². The minimum atomic E-state index is -0.0916. The first kappa shape index (κ1) is 16.3. The summed E-state index contributed by atoms with van der Waals surface area (Å²) < 4.78 is 7.48. The molecular weight excluding hydrogens is 336 g/mol. The molecule has 7 heteroatoms. The molecule has 3 N–H and O–H groups in total. The largest absolute Gasteiger partial charge is 0.372 e. The topological polar surface area (TPSA) is 82.2 Å². The van der Waals surface area contributed by atoms with Crippen LogP contribution in [0.25, 0.3) is 15.9 Å². The molecule has 1 aliphatic rings. The first-order valence-corrected chi connectivity index (χ1v) is 9.12. The molecule has 3 aromatic rings. The first-order valence-electron chi connectivity index (χ1n) is 8.31. The molecule has 1 unspecified atom stereocenters. The quantitative estimate of drug-likeness (QED) is 0.557. The SMILES string of the molecule is CC(C)C1Cc2c(sc3nc(NN)n(-c4ccccc4)c(=O)c23)CO1. The third-order valence-electron chi connectivity index (χ3n) is 4.63. The number of hydrogen-bond acceptors (Lipinski definition) is 6. The van der Waals surface area contributed by atoms with E-state index in [9.17, 15) is 4.79 Å². The fourth-order valence-corrected chi connectivity index (χ4v) is 4.38. The number of nitrogens with one attached hydrogen (secondary N) is 1. The van der Waals surface area contributed by atoms with Crippen molar-refractivity contribution >= 4 is 27.5 Å². The summed E-state index contributed by atoms with van der Waals surface area (Å²) in [6, 6.07) is 9.42. The Hall–Kier alpha value is -2.22. The maximum Gasteiger partial charge on any atom is 0.268 e. The van der Waals surface area contributed by atoms with Crippen molar-refractivity contribution in [1.29, 1.82) is 0 Å². The van der Waals surface area contributed by atoms with Gasteiger partial charge in [0.25, 0.3) is 5.56 Å². The second-order valence-corrected chi connectivity index (χ2v) is 7.62. The summed E-state index contributed by atoms with van der Waals surface area (Å²) in [4.78, 5) is 19.7. The van der Waals surface area contributed by atoms with Gasteiger partial charge in [0, 0.05) is 11.3 Å². The molecule has 0 fully saturated rings. The lowest BCUT2D eigenvalue weighted by Gasteiger charge is -2.26. The third-order valence-corrected chi connectivity index (χ3v) is 5.73. The standard InChI is InChI=1S/C18H20N4O2S/c1-10(2)13-8-12-14(9-24-13)25-16-15(12)17(23)22(18(20-16)21-19)11-6-4-3-5-7-11/h3-7,10,13H,8-9,19H2,1-2H3,(H,20,21). The van der Waals surface area contributed by atoms with E-state index in [4.69, 9.17) is 10.6 Å². The van der Waals surface area contributed by atoms with Crippen molar-refractivity contribution < 1.29 is 4.74 Å². The lowest BCUT2D eigenvalue weighted by Crippen LogP contribution is -2.29. The van der Waals surface area contributed by atoms with E-state index in [0.29, 0.717) is 28.7 Å². The van der Waals surface area contributed by atoms with Gasteiger partial charge in [-0.15, -0.1) is 11.3 Å². The molecule has 0 radical (unpaired) electrons. The molecule has 130 valence electrons. The number of anilines is 1. The van der Waals surface area contributed by atoms with E-state index >= 15 is 0 Å². The molecule has 0 saturated carbocycles. The summed E-state index contributed by atoms with van der Waals surface area (Å²) >= 11 is 1.52. The molecule has 1 aromatic carbocycles. The highest BCUT2D eigenvalue weighted by atomic mass is 32.1. The Balaban J connectivity index is 1.98. The number of para-hydroxylation sites is 1. The van der Waals surface area contributed by atoms with Crippen LogP contribution in [0.4, 0.5) is 5.95 Å². The van der Waals surface area contributed by atoms with Gasteiger partial charge in [-0.3, -0.25) is 10.2 Å². The number of ether oxygens (including phenoxy) is 1. The van der Waals surface area contributed by atoms with Gasteiger partial charge in [0.2, 0.25) is 5.95 Å². The smallest absolute Gasteiger partial charge is 0.268 e. The van der Waals surface area contributed by atoms with Crippen molar-refractivity contribution in [3.8, 4) is 5.69 Å². The number of benzene rings is 1. The lowest BCUT2D eigenvalue weighted by molar-refractivity contribution is 0.00200. The average Bonchev–Trinajstić information content (AvgIpc) is 2.99. The first-order chi connectivity index (χ1) is 12.1. The van der Waals surface area contributed by atoms with Crippen LogP contribution in [-0.4, -0.2) is 15.7 Å². The van der Waals surface area contributed by atoms with Gasteiger partial charge in [-0.2, -0.15) is 0 Å². The van der Waals surface area contributed by atoms with E-state index in [1.54, 1.807) is 0 Å². The van der Waals surface area contributed by atoms with Crippen molar-refractivity contribution in [1.82, 2.24) is 9.55 Å². The van der Waals surface area contributed by atoms with Crippen molar-refractivity contribution in [3.63, 3.8) is 0 Å². The molecule has 1 atom stereocenters. The minimum Gasteiger partial charge on any atom is -0.372 e. The van der Waals surface area contributed by atoms with E-state index in [1.165, 1.54) is 15.9 Å². The summed E-state index contributed by atoms with van der Waals surface area (Å²) in [5.74, 6) is 6.38. The van der Waals surface area contributed by atoms with Crippen LogP contribution < -0.4 is 16.8 Å². The maximum absolute atomic E-state index is 13.3. The normalized spacial score (nSPS) is 17.0. The molecule has 0 amide bonds. The summed E-state index contributed by atoms with van der Waals surface area (Å²) in [5.41, 5.74) is 4.29. The Bertz CT molecular complexity index is 978. The van der Waals surface area contributed by atoms with E-state index in [0.717, 1.165) is 22.5 Å². The Morgan fingerprint density at radius 3 is 2.80 bits per heavy atom. The number of nitrogen functional groups attached to an aromatic ring is 1. The number of fused-ring (bicyclic) bond motifs is 3. The molecular formula is C18H20N4O2S. The Morgan fingerprint density at radius 1 is 1.36 bits per heavy atom. The van der Waals surface area contributed by atoms with Crippen LogP contribution >= 0.6 is 11.3 Å². The monoisotopic (exact) mass is 356 g/mol. The van der Waals surface area contributed by atoms with E-state index in [2.05, 4.69) is 24.3 Å². The molecule has 0 bridgehead atoms. The summed E-state index contributed by atoms with van der Waals surface area (Å²) in [7, 11) is 0. The van der Waals surface area contributed by atoms with Crippen LogP contribution in [0.5, 0.6) is 0 Å². The van der Waals surface area contributed by atoms with Crippen LogP contribution in [0.1, 0.15) is 24.3 Å². The number of aromatic nitrogens is 2. The highest BCUT2D eigenvalue weighted by Crippen LogP contribution is 2.35. The second kappa shape index (κ2) is 6.25. The van der Waals surface area contributed by atoms with Gasteiger partial charge in [0.05, 0.1) is 23.8 Å². The van der Waals surface area contributed by atoms with Gasteiger partial charge in [-0.25, -0.2) is 15.4 Å². The average molecular weight is 356 g/mol. The maximum atomic E-state index is 13.3. The van der Waals surface area contributed by atoms with Crippen molar-refractivity contribution in [2.24, 2.45) is 11.8 Å². The van der Waals surface area contributed by atoms with Gasteiger partial charge in [-0.1, -0.05) is 32.0 Å². The van der Waals surface area contributed by atoms with E-state index in [-0.39, 0.29) is 11.7 Å². The number of thiophene rings is 1. The lowest BCUT2D eigenvalue weighted by atomic mass is 9.96. The van der Waals surface area contributed by atoms with Gasteiger partial charge >= 0.3 is 0 Å². The highest BCUT2D eigenvalue weighted by molar-refractivity contribution is 7.18. The molecule has 0 spiro atoms. The van der Waals surface area contributed by atoms with Gasteiger partial charge in [0.1, 0.15) is 4.83 Å². The summed E-state index contributed by atoms with van der Waals surface area (Å²) in [5, 5.41) is 0.691. The van der Waals surface area contributed by atoms with Gasteiger partial charge in [0.15, 0.2) is 0 Å². The predicted octanol–water partition coefficient (Wildman–Crippen LogP) is 2.83. The summed E-state index contributed by atoms with van der Waals surface area (Å²) in [6.07, 6.45) is 0.871. The van der Waals surface area contributed by atoms with Crippen molar-refractivity contribution in [2.75, 3.05) is 5.43 Å². The Kier molecular flexibility index (Phi) is 4.07. The van der Waals surface area contributed by atoms with E-state index in [1.807, 2.05) is 30.3 Å². The number of hydrazine groups is 1. The third kappa shape index (κ3) is 2.64. The van der Waals surface area contributed by atoms with Crippen LogP contribution in [0.3, 0.4) is 0 Å². The van der Waals surface area contributed by atoms with Crippen molar-refractivity contribution in [3.05, 3.63) is 51.1 Å². The molecule has 0 aliphatic carbocycles. The Labute approximate surface area is 149 Å². The molecule has 25 heavy (non-hydrogen) atoms. The van der Waals surface area contributed by atoms with Crippen molar-refractivity contribution in [2.45, 2.75) is 33.0 Å². The number of rotatable bonds is 3. The zero-order chi connectivity index (χ0) is 17.6. The Morgan fingerprint density at radius 2 is 2.12 bits per heavy atom. The van der Waals surface area contributed by atoms with Crippen LogP contribution in [-0.2, 0) is 17.8 Å².